The van der Waals surface area contributed by atoms with E-state index in [1.165, 1.54) is 20.0 Å². The minimum absolute atomic E-state index is 0. The Bertz CT molecular complexity index is 709. The van der Waals surface area contributed by atoms with E-state index >= 15 is 0 Å². The molecule has 2 aliphatic rings. The average Bonchev–Trinajstić information content (AvgIpc) is 3.26. The molecule has 1 saturated carbocycles. The van der Waals surface area contributed by atoms with Gasteiger partial charge in [-0.05, 0) is 44.2 Å². The Morgan fingerprint density at radius 1 is 1.30 bits per heavy atom. The van der Waals surface area contributed by atoms with E-state index in [1.54, 1.807) is 12.1 Å². The second kappa shape index (κ2) is 5.62. The summed E-state index contributed by atoms with van der Waals surface area (Å²) in [5, 5.41) is 14.9. The molecule has 0 saturated heterocycles. The van der Waals surface area contributed by atoms with Crippen LogP contribution in [0, 0.1) is 11.8 Å². The van der Waals surface area contributed by atoms with Gasteiger partial charge in [0.05, 0.1) is 11.9 Å². The molecular weight excluding hydrogens is 294 g/mol. The van der Waals surface area contributed by atoms with E-state index in [-0.39, 0.29) is 8.76 Å². The molecule has 1 aromatic heterocycles. The minimum Gasteiger partial charge on any atom is -0.381 e. The third-order valence-corrected chi connectivity index (χ3v) is 3.89. The highest BCUT2D eigenvalue weighted by Gasteiger charge is 2.35. The summed E-state index contributed by atoms with van der Waals surface area (Å²) in [6.45, 7) is 2.81. The van der Waals surface area contributed by atoms with E-state index in [2.05, 4.69) is 21.7 Å². The SMILES string of the molecule is CC(C)(O)C(=O)Nc1ccc(NC(=O)C2=CC3CC3C=C2)nc1.[HH].[HH]. The molecule has 1 heterocycles. The second-order valence-electron chi connectivity index (χ2n) is 6.44. The number of fused-ring (bicyclic) bond motifs is 1. The third kappa shape index (κ3) is 3.65. The number of nitrogens with one attached hydrogen (secondary N) is 2. The standard InChI is InChI=1S/C17H19N3O3.2H2/c1-17(2,23)16(22)19-13-5-6-14(18-9-13)20-15(21)11-4-3-10-7-12(10)8-11;;/h3-6,8-10,12,23H,7H2,1-2H3,(H,19,22)(H,18,20,21);2*1H. The molecule has 0 aliphatic heterocycles. The number of amides is 2. The molecule has 6 nitrogen and oxygen atoms in total. The Balaban J connectivity index is 0.00000156. The van der Waals surface area contributed by atoms with Gasteiger partial charge in [0, 0.05) is 8.43 Å². The maximum atomic E-state index is 12.2. The first-order valence-electron chi connectivity index (χ1n) is 7.54. The molecule has 2 unspecified atom stereocenters. The summed E-state index contributed by atoms with van der Waals surface area (Å²) >= 11 is 0. The number of carbonyl (C=O) groups excluding carboxylic acids is 2. The Hall–Kier alpha value is -2.47. The van der Waals surface area contributed by atoms with E-state index < -0.39 is 11.5 Å². The Labute approximate surface area is 137 Å². The fraction of sp³-hybridized carbons (Fsp3) is 0.353. The number of allylic oxidation sites excluding steroid dienone is 2. The van der Waals surface area contributed by atoms with Crippen LogP contribution in [0.2, 0.25) is 0 Å². The molecule has 1 fully saturated rings. The zero-order valence-corrected chi connectivity index (χ0v) is 13.0. The summed E-state index contributed by atoms with van der Waals surface area (Å²) in [6, 6.07) is 3.22. The summed E-state index contributed by atoms with van der Waals surface area (Å²) < 4.78 is 0. The molecule has 2 amide bonds. The van der Waals surface area contributed by atoms with Crippen LogP contribution in [-0.4, -0.2) is 27.5 Å². The Morgan fingerprint density at radius 3 is 2.70 bits per heavy atom. The van der Waals surface area contributed by atoms with Crippen molar-refractivity contribution in [2.75, 3.05) is 10.6 Å². The molecule has 23 heavy (non-hydrogen) atoms. The highest BCUT2D eigenvalue weighted by atomic mass is 16.3. The minimum atomic E-state index is -1.46. The second-order valence-corrected chi connectivity index (χ2v) is 6.44. The van der Waals surface area contributed by atoms with Crippen LogP contribution >= 0.6 is 0 Å². The summed E-state index contributed by atoms with van der Waals surface area (Å²) in [6.07, 6.45) is 8.48. The van der Waals surface area contributed by atoms with Crippen LogP contribution in [0.5, 0.6) is 0 Å². The molecule has 124 valence electrons. The smallest absolute Gasteiger partial charge is 0.256 e. The van der Waals surface area contributed by atoms with Crippen LogP contribution < -0.4 is 10.6 Å². The molecule has 0 radical (unpaired) electrons. The number of pyridine rings is 1. The monoisotopic (exact) mass is 317 g/mol. The number of aromatic nitrogens is 1. The van der Waals surface area contributed by atoms with Crippen LogP contribution in [0.4, 0.5) is 11.5 Å². The van der Waals surface area contributed by atoms with Crippen molar-refractivity contribution in [3.8, 4) is 0 Å². The number of carbonyl (C=O) groups is 2. The van der Waals surface area contributed by atoms with Crippen LogP contribution in [0.15, 0.2) is 42.1 Å². The van der Waals surface area contributed by atoms with Crippen LogP contribution in [0.3, 0.4) is 0 Å². The lowest BCUT2D eigenvalue weighted by atomic mass is 10.1. The van der Waals surface area contributed by atoms with Crippen molar-refractivity contribution in [1.29, 1.82) is 0 Å². The number of hydrogen-bond donors (Lipinski definition) is 3. The van der Waals surface area contributed by atoms with Crippen molar-refractivity contribution in [1.82, 2.24) is 4.98 Å². The van der Waals surface area contributed by atoms with Gasteiger partial charge in [-0.3, -0.25) is 9.59 Å². The molecule has 0 aromatic carbocycles. The van der Waals surface area contributed by atoms with Gasteiger partial charge in [-0.2, -0.15) is 0 Å². The van der Waals surface area contributed by atoms with Gasteiger partial charge in [0.25, 0.3) is 11.8 Å². The van der Waals surface area contributed by atoms with Gasteiger partial charge in [-0.1, -0.05) is 18.2 Å². The van der Waals surface area contributed by atoms with Gasteiger partial charge >= 0.3 is 0 Å². The van der Waals surface area contributed by atoms with Crippen molar-refractivity contribution in [2.24, 2.45) is 11.8 Å². The average molecular weight is 317 g/mol. The van der Waals surface area contributed by atoms with E-state index in [9.17, 15) is 14.7 Å². The van der Waals surface area contributed by atoms with Gasteiger partial charge in [0.15, 0.2) is 0 Å². The number of nitrogens with zero attached hydrogens (tertiary/aromatic N) is 1. The number of hydrogen-bond acceptors (Lipinski definition) is 4. The zero-order chi connectivity index (χ0) is 16.6. The van der Waals surface area contributed by atoms with Gasteiger partial charge < -0.3 is 15.7 Å². The first-order valence-corrected chi connectivity index (χ1v) is 7.54. The molecule has 3 rings (SSSR count). The summed E-state index contributed by atoms with van der Waals surface area (Å²) in [7, 11) is 0. The van der Waals surface area contributed by atoms with Gasteiger partial charge in [0.1, 0.15) is 11.4 Å². The van der Waals surface area contributed by atoms with Gasteiger partial charge in [-0.25, -0.2) is 4.98 Å². The Morgan fingerprint density at radius 2 is 2.09 bits per heavy atom. The fourth-order valence-corrected chi connectivity index (χ4v) is 2.33. The molecule has 3 N–H and O–H groups in total. The normalized spacial score (nSPS) is 22.0. The first-order chi connectivity index (χ1) is 10.8. The molecule has 2 aliphatic carbocycles. The maximum absolute atomic E-state index is 12.2. The lowest BCUT2D eigenvalue weighted by molar-refractivity contribution is -0.130. The van der Waals surface area contributed by atoms with Crippen molar-refractivity contribution >= 4 is 23.3 Å². The van der Waals surface area contributed by atoms with Crippen molar-refractivity contribution in [2.45, 2.75) is 25.9 Å². The fourth-order valence-electron chi connectivity index (χ4n) is 2.33. The van der Waals surface area contributed by atoms with Crippen LogP contribution in [0.25, 0.3) is 0 Å². The molecular formula is C17H23N3O3. The summed E-state index contributed by atoms with van der Waals surface area (Å²) in [5.74, 6) is 0.819. The topological polar surface area (TPSA) is 91.3 Å². The molecule has 2 atom stereocenters. The first kappa shape index (κ1) is 15.4. The lowest BCUT2D eigenvalue weighted by Gasteiger charge is -2.16. The van der Waals surface area contributed by atoms with Gasteiger partial charge in [0.2, 0.25) is 0 Å². The molecule has 0 spiro atoms. The quantitative estimate of drug-likeness (QED) is 0.795. The van der Waals surface area contributed by atoms with E-state index in [4.69, 9.17) is 0 Å². The maximum Gasteiger partial charge on any atom is 0.256 e. The van der Waals surface area contributed by atoms with E-state index in [0.29, 0.717) is 28.9 Å². The predicted octanol–water partition coefficient (Wildman–Crippen LogP) is 2.35. The largest absolute Gasteiger partial charge is 0.381 e. The van der Waals surface area contributed by atoms with Crippen molar-refractivity contribution in [3.05, 3.63) is 42.1 Å². The highest BCUT2D eigenvalue weighted by Crippen LogP contribution is 2.44. The number of rotatable bonds is 4. The third-order valence-electron chi connectivity index (χ3n) is 3.89. The summed E-state index contributed by atoms with van der Waals surface area (Å²) in [4.78, 5) is 27.9. The van der Waals surface area contributed by atoms with Gasteiger partial charge in [-0.15, -0.1) is 0 Å². The zero-order valence-electron chi connectivity index (χ0n) is 13.0. The predicted molar refractivity (Wildman–Crippen MR) is 90.8 cm³/mol. The molecule has 1 aromatic rings. The lowest BCUT2D eigenvalue weighted by Crippen LogP contribution is -2.36. The number of anilines is 2. The van der Waals surface area contributed by atoms with Crippen molar-refractivity contribution < 1.29 is 17.5 Å². The van der Waals surface area contributed by atoms with Crippen LogP contribution in [0.1, 0.15) is 23.1 Å². The Kier molecular flexibility index (Phi) is 3.77. The van der Waals surface area contributed by atoms with E-state index in [1.807, 2.05) is 12.2 Å². The van der Waals surface area contributed by atoms with Crippen LogP contribution in [-0.2, 0) is 9.59 Å². The molecule has 6 heteroatoms. The van der Waals surface area contributed by atoms with E-state index in [0.717, 1.165) is 6.42 Å². The summed E-state index contributed by atoms with van der Waals surface area (Å²) in [5.41, 5.74) is -0.356. The van der Waals surface area contributed by atoms with Crippen molar-refractivity contribution in [3.63, 3.8) is 0 Å². The highest BCUT2D eigenvalue weighted by molar-refractivity contribution is 6.05. The number of aliphatic hydroxyl groups is 1. The molecule has 0 bridgehead atoms.